The lowest BCUT2D eigenvalue weighted by Gasteiger charge is -2.06. The predicted octanol–water partition coefficient (Wildman–Crippen LogP) is 2.14. The lowest BCUT2D eigenvalue weighted by Crippen LogP contribution is -2.13. The Bertz CT molecular complexity index is 268. The first-order valence-corrected chi connectivity index (χ1v) is 4.51. The maximum Gasteiger partial charge on any atom is -0.00171 e. The summed E-state index contributed by atoms with van der Waals surface area (Å²) in [5.74, 6) is 0.712. The molecule has 1 nitrogen and oxygen atoms in total. The molecule has 0 aliphatic heterocycles. The van der Waals surface area contributed by atoms with Crippen molar-refractivity contribution in [3.05, 3.63) is 35.9 Å². The van der Waals surface area contributed by atoms with Gasteiger partial charge in [0.1, 0.15) is 0 Å². The van der Waals surface area contributed by atoms with Gasteiger partial charge < -0.3 is 5.73 Å². The van der Waals surface area contributed by atoms with Crippen molar-refractivity contribution in [3.8, 4) is 0 Å². The fraction of sp³-hybridized carbons (Fsp3) is 0.455. The molecule has 0 heterocycles. The predicted molar refractivity (Wildman–Crippen MR) is 51.0 cm³/mol. The number of hydrogen-bond donors (Lipinski definition) is 1. The summed E-state index contributed by atoms with van der Waals surface area (Å²) in [4.78, 5) is 0. The zero-order chi connectivity index (χ0) is 8.60. The van der Waals surface area contributed by atoms with Crippen molar-refractivity contribution in [3.63, 3.8) is 0 Å². The fourth-order valence-electron chi connectivity index (χ4n) is 1.84. The molecule has 1 aromatic rings. The quantitative estimate of drug-likeness (QED) is 0.706. The van der Waals surface area contributed by atoms with E-state index in [1.54, 1.807) is 0 Å². The van der Waals surface area contributed by atoms with Crippen molar-refractivity contribution in [1.29, 1.82) is 0 Å². The lowest BCUT2D eigenvalue weighted by molar-refractivity contribution is 0.564. The highest BCUT2D eigenvalue weighted by Crippen LogP contribution is 2.58. The molecule has 0 bridgehead atoms. The molecule has 0 unspecified atom stereocenters. The SMILES string of the molecule is C[C@]1(CN)C[C@H]1c1ccccc1. The molecule has 2 N–H and O–H groups in total. The van der Waals surface area contributed by atoms with Crippen molar-refractivity contribution < 1.29 is 0 Å². The number of nitrogens with two attached hydrogens (primary N) is 1. The van der Waals surface area contributed by atoms with E-state index in [-0.39, 0.29) is 0 Å². The molecule has 1 saturated carbocycles. The summed E-state index contributed by atoms with van der Waals surface area (Å²) < 4.78 is 0. The Balaban J connectivity index is 2.16. The molecule has 0 aromatic heterocycles. The highest BCUT2D eigenvalue weighted by atomic mass is 14.7. The molecule has 1 fully saturated rings. The topological polar surface area (TPSA) is 26.0 Å². The normalized spacial score (nSPS) is 33.3. The van der Waals surface area contributed by atoms with Crippen LogP contribution in [0, 0.1) is 5.41 Å². The van der Waals surface area contributed by atoms with Gasteiger partial charge in [-0.05, 0) is 29.9 Å². The summed E-state index contributed by atoms with van der Waals surface area (Å²) in [5, 5.41) is 0. The molecule has 64 valence electrons. The Morgan fingerprint density at radius 3 is 2.58 bits per heavy atom. The second-order valence-electron chi connectivity index (χ2n) is 4.03. The van der Waals surface area contributed by atoms with Gasteiger partial charge in [0.15, 0.2) is 0 Å². The van der Waals surface area contributed by atoms with Crippen LogP contribution < -0.4 is 5.73 Å². The van der Waals surface area contributed by atoms with Crippen LogP contribution in [-0.4, -0.2) is 6.54 Å². The van der Waals surface area contributed by atoms with Crippen LogP contribution in [0.25, 0.3) is 0 Å². The first-order valence-electron chi connectivity index (χ1n) is 4.51. The molecule has 1 aromatic carbocycles. The average molecular weight is 161 g/mol. The second kappa shape index (κ2) is 2.60. The van der Waals surface area contributed by atoms with Crippen molar-refractivity contribution in [2.45, 2.75) is 19.3 Å². The van der Waals surface area contributed by atoms with Gasteiger partial charge in [-0.25, -0.2) is 0 Å². The van der Waals surface area contributed by atoms with Gasteiger partial charge in [0.2, 0.25) is 0 Å². The zero-order valence-corrected chi connectivity index (χ0v) is 7.46. The zero-order valence-electron chi connectivity index (χ0n) is 7.46. The maximum absolute atomic E-state index is 5.70. The van der Waals surface area contributed by atoms with Crippen LogP contribution >= 0.6 is 0 Å². The van der Waals surface area contributed by atoms with Gasteiger partial charge in [0.25, 0.3) is 0 Å². The van der Waals surface area contributed by atoms with Crippen molar-refractivity contribution in [1.82, 2.24) is 0 Å². The fourth-order valence-corrected chi connectivity index (χ4v) is 1.84. The maximum atomic E-state index is 5.70. The van der Waals surface area contributed by atoms with E-state index in [4.69, 9.17) is 5.73 Å². The van der Waals surface area contributed by atoms with Gasteiger partial charge >= 0.3 is 0 Å². The molecule has 1 heteroatoms. The molecule has 1 aliphatic rings. The number of benzene rings is 1. The van der Waals surface area contributed by atoms with Crippen molar-refractivity contribution in [2.24, 2.45) is 11.1 Å². The average Bonchev–Trinajstić information content (AvgIpc) is 2.81. The van der Waals surface area contributed by atoms with E-state index in [0.29, 0.717) is 11.3 Å². The number of hydrogen-bond acceptors (Lipinski definition) is 1. The standard InChI is InChI=1S/C11H15N/c1-11(8-12)7-10(11)9-5-3-2-4-6-9/h2-6,10H,7-8,12H2,1H3/t10-,11+/m0/s1. The molecule has 0 spiro atoms. The van der Waals surface area contributed by atoms with Crippen LogP contribution in [0.2, 0.25) is 0 Å². The summed E-state index contributed by atoms with van der Waals surface area (Å²) in [5.41, 5.74) is 7.54. The Hall–Kier alpha value is -0.820. The largest absolute Gasteiger partial charge is 0.330 e. The van der Waals surface area contributed by atoms with Crippen LogP contribution in [0.1, 0.15) is 24.8 Å². The Kier molecular flexibility index (Phi) is 1.69. The molecule has 0 saturated heterocycles. The van der Waals surface area contributed by atoms with E-state index in [9.17, 15) is 0 Å². The van der Waals surface area contributed by atoms with Crippen LogP contribution in [-0.2, 0) is 0 Å². The van der Waals surface area contributed by atoms with Gasteiger partial charge in [-0.15, -0.1) is 0 Å². The van der Waals surface area contributed by atoms with Crippen LogP contribution in [0.4, 0.5) is 0 Å². The summed E-state index contributed by atoms with van der Waals surface area (Å²) >= 11 is 0. The molecular weight excluding hydrogens is 146 g/mol. The third kappa shape index (κ3) is 1.14. The minimum Gasteiger partial charge on any atom is -0.330 e. The van der Waals surface area contributed by atoms with Gasteiger partial charge in [-0.3, -0.25) is 0 Å². The Morgan fingerprint density at radius 2 is 2.08 bits per heavy atom. The molecule has 1 aliphatic carbocycles. The van der Waals surface area contributed by atoms with E-state index < -0.39 is 0 Å². The van der Waals surface area contributed by atoms with Gasteiger partial charge in [0.05, 0.1) is 0 Å². The molecule has 0 radical (unpaired) electrons. The minimum atomic E-state index is 0.390. The first kappa shape index (κ1) is 7.81. The third-order valence-electron chi connectivity index (χ3n) is 3.02. The van der Waals surface area contributed by atoms with E-state index in [1.807, 2.05) is 0 Å². The molecule has 0 amide bonds. The van der Waals surface area contributed by atoms with Crippen LogP contribution in [0.3, 0.4) is 0 Å². The van der Waals surface area contributed by atoms with E-state index in [0.717, 1.165) is 6.54 Å². The van der Waals surface area contributed by atoms with E-state index in [1.165, 1.54) is 12.0 Å². The highest BCUT2D eigenvalue weighted by molar-refractivity contribution is 5.29. The van der Waals surface area contributed by atoms with Gasteiger partial charge in [0, 0.05) is 0 Å². The van der Waals surface area contributed by atoms with Crippen LogP contribution in [0.15, 0.2) is 30.3 Å². The monoisotopic (exact) mass is 161 g/mol. The summed E-state index contributed by atoms with van der Waals surface area (Å²) in [6.07, 6.45) is 1.26. The molecule has 12 heavy (non-hydrogen) atoms. The first-order chi connectivity index (χ1) is 5.76. The molecule has 2 atom stereocenters. The summed E-state index contributed by atoms with van der Waals surface area (Å²) in [6, 6.07) is 10.7. The van der Waals surface area contributed by atoms with E-state index >= 15 is 0 Å². The highest BCUT2D eigenvalue weighted by Gasteiger charge is 2.49. The van der Waals surface area contributed by atoms with Crippen molar-refractivity contribution in [2.75, 3.05) is 6.54 Å². The Labute approximate surface area is 73.6 Å². The van der Waals surface area contributed by atoms with Crippen molar-refractivity contribution >= 4 is 0 Å². The molecule has 2 rings (SSSR count). The second-order valence-corrected chi connectivity index (χ2v) is 4.03. The Morgan fingerprint density at radius 1 is 1.42 bits per heavy atom. The van der Waals surface area contributed by atoms with Crippen LogP contribution in [0.5, 0.6) is 0 Å². The lowest BCUT2D eigenvalue weighted by atomic mass is 10.0. The third-order valence-corrected chi connectivity index (χ3v) is 3.02. The van der Waals surface area contributed by atoms with Gasteiger partial charge in [-0.2, -0.15) is 0 Å². The summed E-state index contributed by atoms with van der Waals surface area (Å²) in [6.45, 7) is 3.08. The van der Waals surface area contributed by atoms with E-state index in [2.05, 4.69) is 37.3 Å². The van der Waals surface area contributed by atoms with Gasteiger partial charge in [-0.1, -0.05) is 37.3 Å². The molecular formula is C11H15N. The number of rotatable bonds is 2. The smallest absolute Gasteiger partial charge is 0.00171 e. The minimum absolute atomic E-state index is 0.390. The summed E-state index contributed by atoms with van der Waals surface area (Å²) in [7, 11) is 0.